The molecule has 0 aliphatic carbocycles. The third kappa shape index (κ3) is 3.19. The highest BCUT2D eigenvalue weighted by Gasteiger charge is 2.11. The van der Waals surface area contributed by atoms with Gasteiger partial charge in [-0.1, -0.05) is 34.5 Å². The van der Waals surface area contributed by atoms with Gasteiger partial charge in [0, 0.05) is 29.2 Å². The van der Waals surface area contributed by atoms with Gasteiger partial charge in [-0.3, -0.25) is 0 Å². The quantitative estimate of drug-likeness (QED) is 0.860. The lowest BCUT2D eigenvalue weighted by Crippen LogP contribution is -2.03. The summed E-state index contributed by atoms with van der Waals surface area (Å²) in [5.41, 5.74) is 2.70. The van der Waals surface area contributed by atoms with Crippen LogP contribution in [0.25, 0.3) is 10.9 Å². The Labute approximate surface area is 126 Å². The molecule has 19 heavy (non-hydrogen) atoms. The minimum Gasteiger partial charge on any atom is -0.384 e. The Bertz CT molecular complexity index is 589. The van der Waals surface area contributed by atoms with E-state index in [2.05, 4.69) is 33.2 Å². The third-order valence-electron chi connectivity index (χ3n) is 2.77. The zero-order valence-corrected chi connectivity index (χ0v) is 13.3. The van der Waals surface area contributed by atoms with E-state index in [-0.39, 0.29) is 0 Å². The number of anilines is 1. The minimum atomic E-state index is 0.472. The first-order chi connectivity index (χ1) is 9.17. The van der Waals surface area contributed by atoms with Crippen molar-refractivity contribution in [3.63, 3.8) is 0 Å². The molecule has 0 saturated heterocycles. The first kappa shape index (κ1) is 14.6. The molecule has 0 unspecified atom stereocenters. The lowest BCUT2D eigenvalue weighted by molar-refractivity contribution is 0.182. The molecule has 0 radical (unpaired) electrons. The molecular weight excluding hydrogens is 328 g/mol. The highest BCUT2D eigenvalue weighted by molar-refractivity contribution is 9.10. The van der Waals surface area contributed by atoms with Crippen molar-refractivity contribution in [1.82, 2.24) is 4.98 Å². The van der Waals surface area contributed by atoms with Crippen LogP contribution in [0.5, 0.6) is 0 Å². The second-order valence-electron chi connectivity index (χ2n) is 4.27. The summed E-state index contributed by atoms with van der Waals surface area (Å²) in [6.07, 6.45) is 1.06. The second-order valence-corrected chi connectivity index (χ2v) is 5.54. The van der Waals surface area contributed by atoms with Gasteiger partial charge in [-0.15, -0.1) is 0 Å². The molecular formula is C14H16BrClN2O. The van der Waals surface area contributed by atoms with E-state index in [4.69, 9.17) is 16.3 Å². The highest BCUT2D eigenvalue weighted by Crippen LogP contribution is 2.34. The fraction of sp³-hybridized carbons (Fsp3) is 0.357. The van der Waals surface area contributed by atoms with Crippen LogP contribution >= 0.6 is 27.5 Å². The van der Waals surface area contributed by atoms with Crippen LogP contribution in [0.4, 0.5) is 5.69 Å². The lowest BCUT2D eigenvalue weighted by atomic mass is 10.1. The number of rotatable bonds is 5. The van der Waals surface area contributed by atoms with E-state index in [1.54, 1.807) is 7.11 Å². The van der Waals surface area contributed by atoms with Gasteiger partial charge in [0.2, 0.25) is 0 Å². The van der Waals surface area contributed by atoms with Crippen molar-refractivity contribution in [2.45, 2.75) is 20.0 Å². The van der Waals surface area contributed by atoms with E-state index < -0.39 is 0 Å². The summed E-state index contributed by atoms with van der Waals surface area (Å²) in [5.74, 6) is 0. The lowest BCUT2D eigenvalue weighted by Gasteiger charge is -2.13. The van der Waals surface area contributed by atoms with E-state index in [0.717, 1.165) is 39.7 Å². The van der Waals surface area contributed by atoms with Crippen molar-refractivity contribution in [1.29, 1.82) is 0 Å². The normalized spacial score (nSPS) is 10.9. The molecule has 5 heteroatoms. The molecule has 0 aliphatic rings. The maximum atomic E-state index is 6.26. The van der Waals surface area contributed by atoms with Crippen molar-refractivity contribution >= 4 is 44.1 Å². The summed E-state index contributed by atoms with van der Waals surface area (Å²) >= 11 is 9.82. The smallest absolute Gasteiger partial charge is 0.0924 e. The molecule has 102 valence electrons. The number of nitrogens with one attached hydrogen (secondary N) is 1. The summed E-state index contributed by atoms with van der Waals surface area (Å²) in [7, 11) is 1.66. The van der Waals surface area contributed by atoms with Crippen LogP contribution in [0, 0.1) is 0 Å². The Kier molecular flexibility index (Phi) is 5.02. The monoisotopic (exact) mass is 342 g/mol. The fourth-order valence-corrected chi connectivity index (χ4v) is 2.68. The van der Waals surface area contributed by atoms with Crippen LogP contribution in [-0.4, -0.2) is 18.6 Å². The van der Waals surface area contributed by atoms with Crippen molar-refractivity contribution in [3.05, 3.63) is 33.4 Å². The van der Waals surface area contributed by atoms with Crippen LogP contribution in [-0.2, 0) is 11.3 Å². The molecule has 1 aromatic carbocycles. The van der Waals surface area contributed by atoms with Gasteiger partial charge in [0.1, 0.15) is 0 Å². The molecule has 2 aromatic rings. The molecule has 0 spiro atoms. The van der Waals surface area contributed by atoms with Gasteiger partial charge in [0.15, 0.2) is 0 Å². The maximum absolute atomic E-state index is 6.26. The Hall–Kier alpha value is -0.840. The number of aromatic nitrogens is 1. The second kappa shape index (κ2) is 6.55. The van der Waals surface area contributed by atoms with Crippen molar-refractivity contribution in [2.24, 2.45) is 0 Å². The van der Waals surface area contributed by atoms with Crippen LogP contribution in [0.2, 0.25) is 5.02 Å². The van der Waals surface area contributed by atoms with E-state index in [0.29, 0.717) is 11.6 Å². The number of benzene rings is 1. The molecule has 1 aromatic heterocycles. The van der Waals surface area contributed by atoms with Gasteiger partial charge >= 0.3 is 0 Å². The maximum Gasteiger partial charge on any atom is 0.0924 e. The van der Waals surface area contributed by atoms with E-state index >= 15 is 0 Å². The average Bonchev–Trinajstić information content (AvgIpc) is 2.40. The number of nitrogens with zero attached hydrogens (tertiary/aromatic N) is 1. The van der Waals surface area contributed by atoms with Gasteiger partial charge in [0.05, 0.1) is 22.8 Å². The number of halogens is 2. The molecule has 2 rings (SSSR count). The first-order valence-corrected chi connectivity index (χ1v) is 7.35. The molecule has 3 nitrogen and oxygen atoms in total. The van der Waals surface area contributed by atoms with Crippen LogP contribution in [0.15, 0.2) is 22.7 Å². The Balaban J connectivity index is 2.63. The Morgan fingerprint density at radius 3 is 2.89 bits per heavy atom. The molecule has 1 N–H and O–H groups in total. The summed E-state index contributed by atoms with van der Waals surface area (Å²) in [4.78, 5) is 4.57. The highest BCUT2D eigenvalue weighted by atomic mass is 79.9. The van der Waals surface area contributed by atoms with Crippen molar-refractivity contribution in [2.75, 3.05) is 19.0 Å². The summed E-state index contributed by atoms with van der Waals surface area (Å²) in [6.45, 7) is 3.51. The molecule has 0 amide bonds. The fourth-order valence-electron chi connectivity index (χ4n) is 1.94. The van der Waals surface area contributed by atoms with Gasteiger partial charge in [0.25, 0.3) is 0 Å². The summed E-state index contributed by atoms with van der Waals surface area (Å²) in [6, 6.07) is 5.81. The standard InChI is InChI=1S/C14H16BrClN2O/c1-3-6-17-12-7-9(8-19-2)18-14-11(16)5-4-10(15)13(12)14/h4-5,7H,3,6,8H2,1-2H3,(H,17,18). The number of hydrogen-bond acceptors (Lipinski definition) is 3. The number of hydrogen-bond donors (Lipinski definition) is 1. The van der Waals surface area contributed by atoms with Gasteiger partial charge in [-0.2, -0.15) is 0 Å². The Morgan fingerprint density at radius 1 is 1.42 bits per heavy atom. The number of methoxy groups -OCH3 is 1. The largest absolute Gasteiger partial charge is 0.384 e. The van der Waals surface area contributed by atoms with E-state index in [1.807, 2.05) is 18.2 Å². The van der Waals surface area contributed by atoms with E-state index in [1.165, 1.54) is 0 Å². The first-order valence-electron chi connectivity index (χ1n) is 6.17. The Morgan fingerprint density at radius 2 is 2.21 bits per heavy atom. The van der Waals surface area contributed by atoms with Crippen LogP contribution < -0.4 is 5.32 Å². The molecule has 0 bridgehead atoms. The molecule has 0 saturated carbocycles. The van der Waals surface area contributed by atoms with Gasteiger partial charge in [-0.05, 0) is 24.6 Å². The molecule has 0 atom stereocenters. The predicted octanol–water partition coefficient (Wildman–Crippen LogP) is 4.62. The van der Waals surface area contributed by atoms with Gasteiger partial charge in [-0.25, -0.2) is 4.98 Å². The number of fused-ring (bicyclic) bond motifs is 1. The topological polar surface area (TPSA) is 34.1 Å². The zero-order valence-electron chi connectivity index (χ0n) is 11.0. The SMILES string of the molecule is CCCNc1cc(COC)nc2c(Cl)ccc(Br)c12. The summed E-state index contributed by atoms with van der Waals surface area (Å²) < 4.78 is 6.15. The number of pyridine rings is 1. The zero-order chi connectivity index (χ0) is 13.8. The molecule has 0 aliphatic heterocycles. The summed E-state index contributed by atoms with van der Waals surface area (Å²) in [5, 5.41) is 5.08. The molecule has 0 fully saturated rings. The average molecular weight is 344 g/mol. The van der Waals surface area contributed by atoms with Crippen LogP contribution in [0.3, 0.4) is 0 Å². The third-order valence-corrected chi connectivity index (χ3v) is 3.74. The van der Waals surface area contributed by atoms with Gasteiger partial charge < -0.3 is 10.1 Å². The van der Waals surface area contributed by atoms with E-state index in [9.17, 15) is 0 Å². The predicted molar refractivity (Wildman–Crippen MR) is 83.9 cm³/mol. The molecule has 1 heterocycles. The van der Waals surface area contributed by atoms with Crippen molar-refractivity contribution in [3.8, 4) is 0 Å². The number of ether oxygens (including phenoxy) is 1. The minimum absolute atomic E-state index is 0.472. The van der Waals surface area contributed by atoms with Crippen LogP contribution in [0.1, 0.15) is 19.0 Å². The van der Waals surface area contributed by atoms with Crippen molar-refractivity contribution < 1.29 is 4.74 Å².